The molecule has 0 aromatic carbocycles. The lowest BCUT2D eigenvalue weighted by atomic mass is 9.78. The minimum absolute atomic E-state index is 0.324. The highest BCUT2D eigenvalue weighted by Crippen LogP contribution is 2.41. The second kappa shape index (κ2) is 4.33. The van der Waals surface area contributed by atoms with E-state index in [4.69, 9.17) is 9.47 Å². The molecule has 0 N–H and O–H groups in total. The monoisotopic (exact) mass is 224 g/mol. The Kier molecular flexibility index (Phi) is 3.20. The molecule has 4 heteroatoms. The first-order chi connectivity index (χ1) is 7.63. The van der Waals surface area contributed by atoms with Crippen molar-refractivity contribution < 1.29 is 9.47 Å². The molecule has 2 rings (SSSR count). The first-order valence-corrected chi connectivity index (χ1v) is 5.99. The van der Waals surface area contributed by atoms with Crippen LogP contribution in [0, 0.1) is 11.3 Å². The summed E-state index contributed by atoms with van der Waals surface area (Å²) in [5.74, 6) is -0.380. The van der Waals surface area contributed by atoms with Gasteiger partial charge < -0.3 is 9.47 Å². The lowest BCUT2D eigenvalue weighted by Gasteiger charge is -2.46. The summed E-state index contributed by atoms with van der Waals surface area (Å²) in [7, 11) is 3.95. The highest BCUT2D eigenvalue weighted by molar-refractivity contribution is 5.10. The van der Waals surface area contributed by atoms with Crippen LogP contribution >= 0.6 is 0 Å². The van der Waals surface area contributed by atoms with Crippen LogP contribution in [0.15, 0.2) is 0 Å². The van der Waals surface area contributed by atoms with Crippen molar-refractivity contribution in [3.05, 3.63) is 0 Å². The van der Waals surface area contributed by atoms with Crippen LogP contribution in [0.25, 0.3) is 0 Å². The Bertz CT molecular complexity index is 280. The largest absolute Gasteiger partial charge is 0.350 e. The zero-order chi connectivity index (χ0) is 11.6. The predicted octanol–water partition coefficient (Wildman–Crippen LogP) is 1.52. The first kappa shape index (κ1) is 11.8. The molecule has 0 aromatic heterocycles. The Morgan fingerprint density at radius 1 is 1.06 bits per heavy atom. The molecule has 1 spiro atoms. The minimum atomic E-state index is -0.380. The molecular formula is C12H20N2O2. The molecule has 0 unspecified atom stereocenters. The van der Waals surface area contributed by atoms with E-state index in [-0.39, 0.29) is 11.3 Å². The topological polar surface area (TPSA) is 45.5 Å². The molecule has 0 amide bonds. The van der Waals surface area contributed by atoms with Gasteiger partial charge in [0.1, 0.15) is 5.54 Å². The SMILES string of the molecule is CN(C)C1(C#N)CCC2(CC1)OCCCO2. The fourth-order valence-corrected chi connectivity index (χ4v) is 2.61. The lowest BCUT2D eigenvalue weighted by molar-refractivity contribution is -0.285. The van der Waals surface area contributed by atoms with Crippen LogP contribution < -0.4 is 0 Å². The van der Waals surface area contributed by atoms with Crippen molar-refractivity contribution in [2.45, 2.75) is 43.4 Å². The summed E-state index contributed by atoms with van der Waals surface area (Å²) in [4.78, 5) is 2.03. The van der Waals surface area contributed by atoms with Crippen molar-refractivity contribution in [2.75, 3.05) is 27.3 Å². The maximum Gasteiger partial charge on any atom is 0.168 e. The summed E-state index contributed by atoms with van der Waals surface area (Å²) in [5, 5.41) is 9.33. The minimum Gasteiger partial charge on any atom is -0.350 e. The van der Waals surface area contributed by atoms with Gasteiger partial charge in [-0.05, 0) is 33.4 Å². The molecule has 0 radical (unpaired) electrons. The van der Waals surface area contributed by atoms with E-state index < -0.39 is 0 Å². The molecule has 16 heavy (non-hydrogen) atoms. The molecule has 1 saturated carbocycles. The number of hydrogen-bond donors (Lipinski definition) is 0. The molecule has 2 aliphatic rings. The Balaban J connectivity index is 2.03. The van der Waals surface area contributed by atoms with E-state index in [0.29, 0.717) is 0 Å². The predicted molar refractivity (Wildman–Crippen MR) is 59.8 cm³/mol. The van der Waals surface area contributed by atoms with Crippen molar-refractivity contribution in [3.63, 3.8) is 0 Å². The molecule has 90 valence electrons. The molecule has 0 atom stereocenters. The summed E-state index contributed by atoms with van der Waals surface area (Å²) >= 11 is 0. The lowest BCUT2D eigenvalue weighted by Crippen LogP contribution is -2.53. The standard InChI is InChI=1S/C12H20N2O2/c1-14(2)11(10-13)4-6-12(7-5-11)15-8-3-9-16-12/h3-9H2,1-2H3. The fraction of sp³-hybridized carbons (Fsp3) is 0.917. The number of ether oxygens (including phenoxy) is 2. The molecule has 0 aromatic rings. The van der Waals surface area contributed by atoms with Gasteiger partial charge in [0.15, 0.2) is 5.79 Å². The van der Waals surface area contributed by atoms with Gasteiger partial charge in [0, 0.05) is 12.8 Å². The van der Waals surface area contributed by atoms with Gasteiger partial charge in [0.05, 0.1) is 19.3 Å². The highest BCUT2D eigenvalue weighted by atomic mass is 16.7. The first-order valence-electron chi connectivity index (χ1n) is 5.99. The smallest absolute Gasteiger partial charge is 0.168 e. The summed E-state index contributed by atoms with van der Waals surface area (Å²) in [6.07, 6.45) is 4.31. The molecule has 1 saturated heterocycles. The molecule has 1 aliphatic carbocycles. The maximum absolute atomic E-state index is 9.33. The van der Waals surface area contributed by atoms with Crippen molar-refractivity contribution in [1.29, 1.82) is 5.26 Å². The summed E-state index contributed by atoms with van der Waals surface area (Å²) in [6.45, 7) is 1.59. The van der Waals surface area contributed by atoms with Crippen LogP contribution in [0.5, 0.6) is 0 Å². The average molecular weight is 224 g/mol. The fourth-order valence-electron chi connectivity index (χ4n) is 2.61. The van der Waals surface area contributed by atoms with E-state index in [0.717, 1.165) is 45.3 Å². The summed E-state index contributed by atoms with van der Waals surface area (Å²) in [5.41, 5.74) is -0.324. The number of nitrogens with zero attached hydrogens (tertiary/aromatic N) is 2. The van der Waals surface area contributed by atoms with Crippen molar-refractivity contribution in [2.24, 2.45) is 0 Å². The van der Waals surface area contributed by atoms with Gasteiger partial charge in [0.2, 0.25) is 0 Å². The zero-order valence-electron chi connectivity index (χ0n) is 10.2. The van der Waals surface area contributed by atoms with E-state index in [2.05, 4.69) is 6.07 Å². The molecule has 4 nitrogen and oxygen atoms in total. The van der Waals surface area contributed by atoms with Crippen LogP contribution in [0.4, 0.5) is 0 Å². The number of hydrogen-bond acceptors (Lipinski definition) is 4. The van der Waals surface area contributed by atoms with Crippen LogP contribution in [0.3, 0.4) is 0 Å². The normalized spacial score (nSPS) is 27.9. The third-order valence-electron chi connectivity index (χ3n) is 3.92. The van der Waals surface area contributed by atoms with Gasteiger partial charge in [-0.2, -0.15) is 5.26 Å². The van der Waals surface area contributed by atoms with Crippen molar-refractivity contribution in [1.82, 2.24) is 4.90 Å². The van der Waals surface area contributed by atoms with Crippen LogP contribution in [0.2, 0.25) is 0 Å². The highest BCUT2D eigenvalue weighted by Gasteiger charge is 2.46. The Morgan fingerprint density at radius 2 is 1.62 bits per heavy atom. The third kappa shape index (κ3) is 1.95. The molecule has 2 fully saturated rings. The van der Waals surface area contributed by atoms with E-state index in [1.807, 2.05) is 19.0 Å². The van der Waals surface area contributed by atoms with Gasteiger partial charge in [-0.1, -0.05) is 0 Å². The van der Waals surface area contributed by atoms with Crippen LogP contribution in [0.1, 0.15) is 32.1 Å². The van der Waals surface area contributed by atoms with Gasteiger partial charge >= 0.3 is 0 Å². The third-order valence-corrected chi connectivity index (χ3v) is 3.92. The quantitative estimate of drug-likeness (QED) is 0.677. The van der Waals surface area contributed by atoms with E-state index in [1.165, 1.54) is 0 Å². The molecular weight excluding hydrogens is 204 g/mol. The van der Waals surface area contributed by atoms with E-state index in [9.17, 15) is 5.26 Å². The van der Waals surface area contributed by atoms with Crippen molar-refractivity contribution >= 4 is 0 Å². The van der Waals surface area contributed by atoms with Crippen LogP contribution in [-0.4, -0.2) is 43.5 Å². The summed E-state index contributed by atoms with van der Waals surface area (Å²) in [6, 6.07) is 2.45. The maximum atomic E-state index is 9.33. The summed E-state index contributed by atoms with van der Waals surface area (Å²) < 4.78 is 11.5. The van der Waals surface area contributed by atoms with E-state index >= 15 is 0 Å². The second-order valence-electron chi connectivity index (χ2n) is 5.00. The van der Waals surface area contributed by atoms with Gasteiger partial charge in [-0.15, -0.1) is 0 Å². The number of nitriles is 1. The van der Waals surface area contributed by atoms with Crippen molar-refractivity contribution in [3.8, 4) is 6.07 Å². The average Bonchev–Trinajstić information content (AvgIpc) is 2.31. The van der Waals surface area contributed by atoms with Gasteiger partial charge in [-0.3, -0.25) is 4.90 Å². The zero-order valence-corrected chi connectivity index (χ0v) is 10.2. The van der Waals surface area contributed by atoms with Gasteiger partial charge in [0.25, 0.3) is 0 Å². The van der Waals surface area contributed by atoms with Crippen LogP contribution in [-0.2, 0) is 9.47 Å². The van der Waals surface area contributed by atoms with E-state index in [1.54, 1.807) is 0 Å². The van der Waals surface area contributed by atoms with Gasteiger partial charge in [-0.25, -0.2) is 0 Å². The number of rotatable bonds is 1. The molecule has 1 aliphatic heterocycles. The molecule has 1 heterocycles. The second-order valence-corrected chi connectivity index (χ2v) is 5.00. The molecule has 0 bridgehead atoms. The Morgan fingerprint density at radius 3 is 2.06 bits per heavy atom. The Hall–Kier alpha value is -0.630. The Labute approximate surface area is 97.1 Å².